The summed E-state index contributed by atoms with van der Waals surface area (Å²) in [6.45, 7) is 4.67. The number of aliphatic hydroxyl groups is 2. The number of hydrogen-bond acceptors (Lipinski definition) is 4. The lowest BCUT2D eigenvalue weighted by molar-refractivity contribution is -0.150. The van der Waals surface area contributed by atoms with E-state index in [0.717, 1.165) is 57.8 Å². The number of carbonyl (C=O) groups is 1. The highest BCUT2D eigenvalue weighted by molar-refractivity contribution is 5.69. The Kier molecular flexibility index (Phi) is 25.5. The number of carbonyl (C=O) groups excluding carboxylic acids is 1. The van der Waals surface area contributed by atoms with Crippen molar-refractivity contribution in [2.24, 2.45) is 5.92 Å². The third-order valence-corrected chi connectivity index (χ3v) is 6.82. The SMILES string of the molecule is CCCCCCCCC(CCCCCCCC)OC(=O)CCCCCCCCC(CO)CO. The van der Waals surface area contributed by atoms with Crippen LogP contribution in [0.5, 0.6) is 0 Å². The Morgan fingerprint density at radius 3 is 1.42 bits per heavy atom. The molecule has 0 spiro atoms. The van der Waals surface area contributed by atoms with E-state index in [4.69, 9.17) is 14.9 Å². The fraction of sp³-hybridized carbons (Fsp3) is 0.966. The second kappa shape index (κ2) is 26.0. The number of aliphatic hydroxyl groups excluding tert-OH is 2. The van der Waals surface area contributed by atoms with Gasteiger partial charge >= 0.3 is 5.97 Å². The molecular weight excluding hydrogens is 412 g/mol. The molecule has 0 aliphatic rings. The monoisotopic (exact) mass is 470 g/mol. The Bertz CT molecular complexity index is 379. The van der Waals surface area contributed by atoms with Gasteiger partial charge in [0.05, 0.1) is 0 Å². The van der Waals surface area contributed by atoms with Crippen LogP contribution in [-0.2, 0) is 9.53 Å². The van der Waals surface area contributed by atoms with E-state index < -0.39 is 0 Å². The van der Waals surface area contributed by atoms with Crippen molar-refractivity contribution in [1.29, 1.82) is 0 Å². The summed E-state index contributed by atoms with van der Waals surface area (Å²) in [5, 5.41) is 18.2. The molecule has 4 heteroatoms. The van der Waals surface area contributed by atoms with Gasteiger partial charge < -0.3 is 14.9 Å². The third kappa shape index (κ3) is 22.9. The Balaban J connectivity index is 3.97. The van der Waals surface area contributed by atoms with Crippen LogP contribution in [0.25, 0.3) is 0 Å². The fourth-order valence-corrected chi connectivity index (χ4v) is 4.46. The number of esters is 1. The molecule has 0 saturated heterocycles. The topological polar surface area (TPSA) is 66.8 Å². The highest BCUT2D eigenvalue weighted by Gasteiger charge is 2.14. The van der Waals surface area contributed by atoms with Crippen molar-refractivity contribution in [3.05, 3.63) is 0 Å². The van der Waals surface area contributed by atoms with Gasteiger partial charge in [0.1, 0.15) is 6.10 Å². The summed E-state index contributed by atoms with van der Waals surface area (Å²) >= 11 is 0. The predicted octanol–water partition coefficient (Wildman–Crippen LogP) is 8.12. The van der Waals surface area contributed by atoms with Crippen molar-refractivity contribution in [2.45, 2.75) is 161 Å². The van der Waals surface area contributed by atoms with Crippen LogP contribution in [0.3, 0.4) is 0 Å². The second-order valence-corrected chi connectivity index (χ2v) is 10.1. The molecule has 0 saturated carbocycles. The van der Waals surface area contributed by atoms with E-state index in [9.17, 15) is 4.79 Å². The highest BCUT2D eigenvalue weighted by atomic mass is 16.5. The lowest BCUT2D eigenvalue weighted by Crippen LogP contribution is -2.18. The normalized spacial score (nSPS) is 11.6. The van der Waals surface area contributed by atoms with Crippen LogP contribution in [-0.4, -0.2) is 35.5 Å². The van der Waals surface area contributed by atoms with Crippen LogP contribution < -0.4 is 0 Å². The fourth-order valence-electron chi connectivity index (χ4n) is 4.46. The predicted molar refractivity (Wildman–Crippen MR) is 140 cm³/mol. The van der Waals surface area contributed by atoms with Gasteiger partial charge in [-0.15, -0.1) is 0 Å². The van der Waals surface area contributed by atoms with Crippen LogP contribution in [0.4, 0.5) is 0 Å². The minimum atomic E-state index is 0.00528. The maximum Gasteiger partial charge on any atom is 0.306 e. The van der Waals surface area contributed by atoms with E-state index in [1.54, 1.807) is 0 Å². The molecule has 33 heavy (non-hydrogen) atoms. The summed E-state index contributed by atoms with van der Waals surface area (Å²) in [7, 11) is 0. The molecule has 0 atom stereocenters. The van der Waals surface area contributed by atoms with Gasteiger partial charge in [0, 0.05) is 25.6 Å². The van der Waals surface area contributed by atoms with E-state index >= 15 is 0 Å². The average Bonchev–Trinajstić information content (AvgIpc) is 2.82. The van der Waals surface area contributed by atoms with Gasteiger partial charge in [0.2, 0.25) is 0 Å². The first kappa shape index (κ1) is 32.4. The largest absolute Gasteiger partial charge is 0.462 e. The summed E-state index contributed by atoms with van der Waals surface area (Å²) in [6, 6.07) is 0. The van der Waals surface area contributed by atoms with Gasteiger partial charge in [-0.05, 0) is 38.5 Å². The zero-order valence-corrected chi connectivity index (χ0v) is 22.3. The van der Waals surface area contributed by atoms with Gasteiger partial charge in [0.15, 0.2) is 0 Å². The maximum absolute atomic E-state index is 12.4. The van der Waals surface area contributed by atoms with E-state index in [2.05, 4.69) is 13.8 Å². The molecule has 0 unspecified atom stereocenters. The van der Waals surface area contributed by atoms with E-state index in [1.807, 2.05) is 0 Å². The molecule has 0 fully saturated rings. The van der Waals surface area contributed by atoms with Crippen LogP contribution >= 0.6 is 0 Å². The molecule has 0 radical (unpaired) electrons. The number of rotatable bonds is 26. The van der Waals surface area contributed by atoms with Gasteiger partial charge in [0.25, 0.3) is 0 Å². The first-order valence-electron chi connectivity index (χ1n) is 14.6. The first-order chi connectivity index (χ1) is 16.2. The lowest BCUT2D eigenvalue weighted by atomic mass is 10.0. The molecule has 0 aromatic carbocycles. The molecule has 0 heterocycles. The van der Waals surface area contributed by atoms with Crippen LogP contribution in [0, 0.1) is 5.92 Å². The summed E-state index contributed by atoms with van der Waals surface area (Å²) in [5.74, 6) is 0.0473. The first-order valence-corrected chi connectivity index (χ1v) is 14.6. The molecule has 0 aliphatic carbocycles. The van der Waals surface area contributed by atoms with Crippen molar-refractivity contribution in [1.82, 2.24) is 0 Å². The summed E-state index contributed by atoms with van der Waals surface area (Å²) in [6.07, 6.45) is 25.6. The Morgan fingerprint density at radius 1 is 0.576 bits per heavy atom. The quantitative estimate of drug-likeness (QED) is 0.0989. The zero-order valence-electron chi connectivity index (χ0n) is 22.3. The molecule has 0 aromatic rings. The molecule has 2 N–H and O–H groups in total. The van der Waals surface area contributed by atoms with Crippen molar-refractivity contribution < 1.29 is 19.7 Å². The van der Waals surface area contributed by atoms with Crippen LogP contribution in [0.15, 0.2) is 0 Å². The average molecular weight is 471 g/mol. The van der Waals surface area contributed by atoms with Crippen molar-refractivity contribution in [3.63, 3.8) is 0 Å². The van der Waals surface area contributed by atoms with Crippen molar-refractivity contribution >= 4 is 5.97 Å². The maximum atomic E-state index is 12.4. The van der Waals surface area contributed by atoms with E-state index in [0.29, 0.717) is 6.42 Å². The zero-order chi connectivity index (χ0) is 24.4. The molecule has 0 amide bonds. The van der Waals surface area contributed by atoms with Gasteiger partial charge in [-0.25, -0.2) is 0 Å². The van der Waals surface area contributed by atoms with Gasteiger partial charge in [-0.2, -0.15) is 0 Å². The molecule has 0 rings (SSSR count). The summed E-state index contributed by atoms with van der Waals surface area (Å²) in [4.78, 5) is 12.4. The molecule has 0 aliphatic heterocycles. The molecule has 0 aromatic heterocycles. The number of hydrogen-bond donors (Lipinski definition) is 2. The Labute approximate surface area is 206 Å². The van der Waals surface area contributed by atoms with Crippen LogP contribution in [0.2, 0.25) is 0 Å². The molecule has 4 nitrogen and oxygen atoms in total. The molecule has 198 valence electrons. The van der Waals surface area contributed by atoms with Crippen molar-refractivity contribution in [2.75, 3.05) is 13.2 Å². The second-order valence-electron chi connectivity index (χ2n) is 10.1. The Morgan fingerprint density at radius 2 is 0.970 bits per heavy atom. The molecular formula is C29H58O4. The van der Waals surface area contributed by atoms with Gasteiger partial charge in [-0.3, -0.25) is 4.79 Å². The molecule has 0 bridgehead atoms. The smallest absolute Gasteiger partial charge is 0.306 e. The minimum Gasteiger partial charge on any atom is -0.462 e. The Hall–Kier alpha value is -0.610. The van der Waals surface area contributed by atoms with Crippen molar-refractivity contribution in [3.8, 4) is 0 Å². The summed E-state index contributed by atoms with van der Waals surface area (Å²) < 4.78 is 5.92. The lowest BCUT2D eigenvalue weighted by Gasteiger charge is -2.18. The minimum absolute atomic E-state index is 0.00528. The van der Waals surface area contributed by atoms with Gasteiger partial charge in [-0.1, -0.05) is 110 Å². The van der Waals surface area contributed by atoms with E-state index in [-0.39, 0.29) is 31.2 Å². The van der Waals surface area contributed by atoms with E-state index in [1.165, 1.54) is 77.0 Å². The highest BCUT2D eigenvalue weighted by Crippen LogP contribution is 2.18. The standard InChI is InChI=1S/C29H58O4/c1-3-5-7-9-14-18-22-28(23-19-15-10-8-6-4-2)33-29(32)24-20-16-12-11-13-17-21-27(25-30)26-31/h27-28,30-31H,3-26H2,1-2H3. The number of ether oxygens (including phenoxy) is 1. The third-order valence-electron chi connectivity index (χ3n) is 6.82. The summed E-state index contributed by atoms with van der Waals surface area (Å²) in [5.41, 5.74) is 0. The van der Waals surface area contributed by atoms with Crippen LogP contribution in [0.1, 0.15) is 155 Å². The number of unbranched alkanes of at least 4 members (excludes halogenated alkanes) is 15.